The lowest BCUT2D eigenvalue weighted by atomic mass is 10.2. The number of carbonyl (C=O) groups excluding carboxylic acids is 1. The number of carbonyl (C=O) groups is 1. The first kappa shape index (κ1) is 15.2. The van der Waals surface area contributed by atoms with Gasteiger partial charge in [-0.2, -0.15) is 0 Å². The first-order valence-corrected chi connectivity index (χ1v) is 6.77. The smallest absolute Gasteiger partial charge is 0.410 e. The van der Waals surface area contributed by atoms with E-state index in [1.165, 1.54) is 0 Å². The van der Waals surface area contributed by atoms with Gasteiger partial charge in [0.15, 0.2) is 0 Å². The topological polar surface area (TPSA) is 36.0 Å². The van der Waals surface area contributed by atoms with E-state index in [1.54, 1.807) is 4.90 Å². The molecule has 5 heteroatoms. The van der Waals surface area contributed by atoms with Crippen molar-refractivity contribution in [2.24, 2.45) is 0 Å². The zero-order valence-electron chi connectivity index (χ0n) is 12.4. The van der Waals surface area contributed by atoms with Gasteiger partial charge in [-0.05, 0) is 27.2 Å². The molecule has 0 unspecified atom stereocenters. The van der Waals surface area contributed by atoms with Crippen LogP contribution in [0.2, 0.25) is 0 Å². The highest BCUT2D eigenvalue weighted by molar-refractivity contribution is 5.68. The van der Waals surface area contributed by atoms with Gasteiger partial charge in [0.25, 0.3) is 0 Å². The minimum Gasteiger partial charge on any atom is -0.444 e. The molecular weight excluding hydrogens is 230 g/mol. The molecule has 0 bridgehead atoms. The van der Waals surface area contributed by atoms with Crippen molar-refractivity contribution in [2.75, 3.05) is 39.8 Å². The van der Waals surface area contributed by atoms with Crippen LogP contribution in [0.5, 0.6) is 0 Å². The van der Waals surface area contributed by atoms with Gasteiger partial charge in [-0.15, -0.1) is 0 Å². The minimum atomic E-state index is -0.410. The Balaban J connectivity index is 2.37. The van der Waals surface area contributed by atoms with Crippen molar-refractivity contribution in [2.45, 2.75) is 39.7 Å². The van der Waals surface area contributed by atoms with Gasteiger partial charge in [-0.3, -0.25) is 0 Å². The number of hydrazine groups is 1. The van der Waals surface area contributed by atoms with Crippen molar-refractivity contribution in [3.05, 3.63) is 0 Å². The van der Waals surface area contributed by atoms with Crippen LogP contribution in [0, 0.1) is 0 Å². The molecule has 5 nitrogen and oxygen atoms in total. The molecule has 0 aliphatic carbocycles. The van der Waals surface area contributed by atoms with Gasteiger partial charge in [0, 0.05) is 39.8 Å². The van der Waals surface area contributed by atoms with E-state index in [0.29, 0.717) is 0 Å². The van der Waals surface area contributed by atoms with E-state index in [0.717, 1.165) is 39.1 Å². The third-order valence-electron chi connectivity index (χ3n) is 2.94. The van der Waals surface area contributed by atoms with E-state index in [9.17, 15) is 4.79 Å². The summed E-state index contributed by atoms with van der Waals surface area (Å²) in [4.78, 5) is 13.7. The lowest BCUT2D eigenvalue weighted by Gasteiger charge is -2.39. The van der Waals surface area contributed by atoms with Crippen LogP contribution in [0.1, 0.15) is 34.1 Å². The predicted octanol–water partition coefficient (Wildman–Crippen LogP) is 1.80. The monoisotopic (exact) mass is 257 g/mol. The number of amides is 1. The summed E-state index contributed by atoms with van der Waals surface area (Å²) >= 11 is 0. The van der Waals surface area contributed by atoms with Gasteiger partial charge in [-0.25, -0.2) is 14.8 Å². The quantitative estimate of drug-likeness (QED) is 0.772. The molecule has 1 saturated heterocycles. The van der Waals surface area contributed by atoms with Crippen LogP contribution < -0.4 is 0 Å². The van der Waals surface area contributed by atoms with Gasteiger partial charge in [0.1, 0.15) is 5.60 Å². The SMILES string of the molecule is CCCN(C)N1CCN(C(=O)OC(C)(C)C)CC1. The van der Waals surface area contributed by atoms with Gasteiger partial charge >= 0.3 is 6.09 Å². The van der Waals surface area contributed by atoms with E-state index in [2.05, 4.69) is 24.0 Å². The van der Waals surface area contributed by atoms with E-state index in [1.807, 2.05) is 20.8 Å². The second kappa shape index (κ2) is 6.38. The molecule has 0 saturated carbocycles. The first-order chi connectivity index (χ1) is 8.33. The maximum atomic E-state index is 11.9. The highest BCUT2D eigenvalue weighted by Crippen LogP contribution is 2.12. The Kier molecular flexibility index (Phi) is 5.41. The molecule has 18 heavy (non-hydrogen) atoms. The molecule has 0 radical (unpaired) electrons. The van der Waals surface area contributed by atoms with Crippen molar-refractivity contribution in [1.29, 1.82) is 0 Å². The lowest BCUT2D eigenvalue weighted by molar-refractivity contribution is -0.0447. The second-order valence-corrected chi connectivity index (χ2v) is 5.80. The molecule has 1 heterocycles. The zero-order chi connectivity index (χ0) is 13.8. The number of nitrogens with zero attached hydrogens (tertiary/aromatic N) is 3. The van der Waals surface area contributed by atoms with E-state index in [4.69, 9.17) is 4.74 Å². The summed E-state index contributed by atoms with van der Waals surface area (Å²) in [5.74, 6) is 0. The molecule has 0 aromatic carbocycles. The minimum absolute atomic E-state index is 0.194. The van der Waals surface area contributed by atoms with Crippen molar-refractivity contribution in [3.63, 3.8) is 0 Å². The molecule has 1 rings (SSSR count). The van der Waals surface area contributed by atoms with Crippen LogP contribution >= 0.6 is 0 Å². The summed E-state index contributed by atoms with van der Waals surface area (Å²) in [6.07, 6.45) is 0.947. The van der Waals surface area contributed by atoms with Crippen LogP contribution in [0.3, 0.4) is 0 Å². The molecule has 1 amide bonds. The fourth-order valence-corrected chi connectivity index (χ4v) is 2.01. The van der Waals surface area contributed by atoms with E-state index >= 15 is 0 Å². The number of hydrogen-bond acceptors (Lipinski definition) is 4. The normalized spacial score (nSPS) is 18.2. The maximum Gasteiger partial charge on any atom is 0.410 e. The fourth-order valence-electron chi connectivity index (χ4n) is 2.01. The van der Waals surface area contributed by atoms with E-state index in [-0.39, 0.29) is 6.09 Å². The second-order valence-electron chi connectivity index (χ2n) is 5.80. The number of piperazine rings is 1. The number of ether oxygens (including phenoxy) is 1. The van der Waals surface area contributed by atoms with Crippen molar-refractivity contribution >= 4 is 6.09 Å². The summed E-state index contributed by atoms with van der Waals surface area (Å²) < 4.78 is 5.38. The van der Waals surface area contributed by atoms with Gasteiger partial charge in [0.05, 0.1) is 0 Å². The average molecular weight is 257 g/mol. The van der Waals surface area contributed by atoms with Crippen LogP contribution in [0.15, 0.2) is 0 Å². The first-order valence-electron chi connectivity index (χ1n) is 6.77. The Labute approximate surface area is 111 Å². The predicted molar refractivity (Wildman–Crippen MR) is 72.3 cm³/mol. The maximum absolute atomic E-state index is 11.9. The fraction of sp³-hybridized carbons (Fsp3) is 0.923. The van der Waals surface area contributed by atoms with Gasteiger partial charge in [-0.1, -0.05) is 6.92 Å². The molecular formula is C13H27N3O2. The highest BCUT2D eigenvalue weighted by atomic mass is 16.6. The molecule has 106 valence electrons. The Morgan fingerprint density at radius 1 is 1.22 bits per heavy atom. The summed E-state index contributed by atoms with van der Waals surface area (Å²) in [6.45, 7) is 12.2. The van der Waals surface area contributed by atoms with Gasteiger partial charge in [0.2, 0.25) is 0 Å². The zero-order valence-corrected chi connectivity index (χ0v) is 12.4. The summed E-state index contributed by atoms with van der Waals surface area (Å²) in [6, 6.07) is 0. The van der Waals surface area contributed by atoms with Crippen molar-refractivity contribution < 1.29 is 9.53 Å². The summed E-state index contributed by atoms with van der Waals surface area (Å²) in [7, 11) is 2.10. The van der Waals surface area contributed by atoms with Crippen LogP contribution in [-0.2, 0) is 4.74 Å². The Hall–Kier alpha value is -0.810. The van der Waals surface area contributed by atoms with Crippen LogP contribution in [0.25, 0.3) is 0 Å². The summed E-state index contributed by atoms with van der Waals surface area (Å²) in [5, 5.41) is 4.54. The molecule has 0 aromatic heterocycles. The third kappa shape index (κ3) is 4.82. The number of rotatable bonds is 3. The molecule has 0 spiro atoms. The Morgan fingerprint density at radius 3 is 2.22 bits per heavy atom. The van der Waals surface area contributed by atoms with Crippen LogP contribution in [0.4, 0.5) is 4.79 Å². The molecule has 0 atom stereocenters. The van der Waals surface area contributed by atoms with Crippen molar-refractivity contribution in [1.82, 2.24) is 14.9 Å². The highest BCUT2D eigenvalue weighted by Gasteiger charge is 2.26. The van der Waals surface area contributed by atoms with E-state index < -0.39 is 5.60 Å². The summed E-state index contributed by atoms with van der Waals surface area (Å²) in [5.41, 5.74) is -0.410. The number of hydrogen-bond donors (Lipinski definition) is 0. The molecule has 0 aromatic rings. The Bertz CT molecular complexity index is 268. The lowest BCUT2D eigenvalue weighted by Crippen LogP contribution is -2.54. The molecule has 0 N–H and O–H groups in total. The molecule has 1 aliphatic heterocycles. The largest absolute Gasteiger partial charge is 0.444 e. The standard InChI is InChI=1S/C13H27N3O2/c1-6-7-14(5)16-10-8-15(9-11-16)12(17)18-13(2,3)4/h6-11H2,1-5H3. The molecule has 1 fully saturated rings. The molecule has 1 aliphatic rings. The Morgan fingerprint density at radius 2 is 1.78 bits per heavy atom. The van der Waals surface area contributed by atoms with Crippen molar-refractivity contribution in [3.8, 4) is 0 Å². The third-order valence-corrected chi connectivity index (χ3v) is 2.94. The average Bonchev–Trinajstić information content (AvgIpc) is 2.27. The van der Waals surface area contributed by atoms with Gasteiger partial charge < -0.3 is 9.64 Å². The van der Waals surface area contributed by atoms with Crippen LogP contribution in [-0.4, -0.2) is 66.4 Å².